The molecule has 0 radical (unpaired) electrons. The van der Waals surface area contributed by atoms with Crippen molar-refractivity contribution in [1.29, 1.82) is 0 Å². The van der Waals surface area contributed by atoms with Crippen LogP contribution in [0.4, 0.5) is 5.69 Å². The van der Waals surface area contributed by atoms with Crippen molar-refractivity contribution in [1.82, 2.24) is 4.31 Å². The molecule has 0 saturated carbocycles. The molecule has 0 atom stereocenters. The molecule has 0 aromatic heterocycles. The van der Waals surface area contributed by atoms with Crippen LogP contribution in [-0.2, 0) is 21.3 Å². The summed E-state index contributed by atoms with van der Waals surface area (Å²) >= 11 is 0. The minimum atomic E-state index is -3.48. The summed E-state index contributed by atoms with van der Waals surface area (Å²) < 4.78 is 32.6. The molecule has 0 spiro atoms. The number of fused-ring (bicyclic) bond motifs is 1. The van der Waals surface area contributed by atoms with E-state index in [0.717, 1.165) is 11.3 Å². The Balaban J connectivity index is 1.55. The van der Waals surface area contributed by atoms with Gasteiger partial charge in [0.1, 0.15) is 0 Å². The topological polar surface area (TPSA) is 49.9 Å². The quantitative estimate of drug-likeness (QED) is 0.662. The summed E-state index contributed by atoms with van der Waals surface area (Å²) in [5.41, 5.74) is 2.06. The number of anilines is 1. The van der Waals surface area contributed by atoms with Gasteiger partial charge in [-0.25, -0.2) is 8.42 Å². The highest BCUT2D eigenvalue weighted by Gasteiger charge is 2.26. The third-order valence-corrected chi connectivity index (χ3v) is 6.99. The predicted molar refractivity (Wildman–Crippen MR) is 112 cm³/mol. The molecule has 5 nitrogen and oxygen atoms in total. The molecular formula is C22H24N2O3S. The van der Waals surface area contributed by atoms with E-state index in [1.165, 1.54) is 15.1 Å². The third kappa shape index (κ3) is 3.90. The first-order chi connectivity index (χ1) is 13.5. The molecule has 1 saturated heterocycles. The van der Waals surface area contributed by atoms with Gasteiger partial charge in [-0.2, -0.15) is 4.31 Å². The summed E-state index contributed by atoms with van der Waals surface area (Å²) in [6.07, 6.45) is 0. The van der Waals surface area contributed by atoms with Crippen LogP contribution in [0.25, 0.3) is 10.8 Å². The fraction of sp³-hybridized carbons (Fsp3) is 0.273. The van der Waals surface area contributed by atoms with Gasteiger partial charge in [0.25, 0.3) is 0 Å². The number of rotatable bonds is 5. The average molecular weight is 397 g/mol. The van der Waals surface area contributed by atoms with Gasteiger partial charge in [-0.05, 0) is 40.6 Å². The van der Waals surface area contributed by atoms with Crippen molar-refractivity contribution in [3.63, 3.8) is 0 Å². The molecule has 1 fully saturated rings. The fourth-order valence-corrected chi connectivity index (χ4v) is 5.00. The number of hydrogen-bond donors (Lipinski definition) is 0. The van der Waals surface area contributed by atoms with E-state index >= 15 is 0 Å². The Hall–Kier alpha value is -2.41. The monoisotopic (exact) mass is 396 g/mol. The van der Waals surface area contributed by atoms with Crippen molar-refractivity contribution < 1.29 is 13.2 Å². The van der Waals surface area contributed by atoms with E-state index in [0.29, 0.717) is 37.7 Å². The van der Waals surface area contributed by atoms with Crippen LogP contribution in [-0.4, -0.2) is 46.1 Å². The summed E-state index contributed by atoms with van der Waals surface area (Å²) in [5.74, 6) is 0. The number of sulfonamides is 1. The molecule has 0 unspecified atom stereocenters. The Bertz CT molecular complexity index is 1080. The van der Waals surface area contributed by atoms with Gasteiger partial charge in [-0.3, -0.25) is 0 Å². The molecule has 0 bridgehead atoms. The molecule has 4 rings (SSSR count). The number of hydrogen-bond acceptors (Lipinski definition) is 4. The van der Waals surface area contributed by atoms with Gasteiger partial charge in [-0.1, -0.05) is 42.5 Å². The summed E-state index contributed by atoms with van der Waals surface area (Å²) in [6.45, 7) is 2.34. The van der Waals surface area contributed by atoms with Crippen LogP contribution < -0.4 is 4.90 Å². The lowest BCUT2D eigenvalue weighted by molar-refractivity contribution is 0.0730. The van der Waals surface area contributed by atoms with Crippen molar-refractivity contribution in [2.45, 2.75) is 11.4 Å². The van der Waals surface area contributed by atoms with Gasteiger partial charge >= 0.3 is 0 Å². The van der Waals surface area contributed by atoms with Crippen molar-refractivity contribution in [2.24, 2.45) is 0 Å². The molecule has 0 aliphatic carbocycles. The molecule has 6 heteroatoms. The van der Waals surface area contributed by atoms with Crippen LogP contribution in [0.2, 0.25) is 0 Å². The van der Waals surface area contributed by atoms with E-state index in [4.69, 9.17) is 4.74 Å². The zero-order chi connectivity index (χ0) is 19.6. The van der Waals surface area contributed by atoms with E-state index in [1.807, 2.05) is 31.3 Å². The maximum atomic E-state index is 12.9. The lowest BCUT2D eigenvalue weighted by atomic mass is 10.1. The second kappa shape index (κ2) is 7.91. The van der Waals surface area contributed by atoms with Crippen molar-refractivity contribution >= 4 is 26.5 Å². The fourth-order valence-electron chi connectivity index (χ4n) is 3.52. The molecule has 1 heterocycles. The molecular weight excluding hydrogens is 372 g/mol. The van der Waals surface area contributed by atoms with E-state index in [2.05, 4.69) is 35.2 Å². The SMILES string of the molecule is CN(Cc1cccc(S(=O)(=O)N2CCOCC2)c1)c1ccc2ccccc2c1. The van der Waals surface area contributed by atoms with Gasteiger partial charge in [0.15, 0.2) is 0 Å². The Morgan fingerprint density at radius 2 is 1.68 bits per heavy atom. The molecule has 0 N–H and O–H groups in total. The van der Waals surface area contributed by atoms with E-state index < -0.39 is 10.0 Å². The average Bonchev–Trinajstić information content (AvgIpc) is 2.74. The smallest absolute Gasteiger partial charge is 0.243 e. The first kappa shape index (κ1) is 18.9. The van der Waals surface area contributed by atoms with Crippen molar-refractivity contribution in [3.8, 4) is 0 Å². The molecule has 28 heavy (non-hydrogen) atoms. The van der Waals surface area contributed by atoms with E-state index in [9.17, 15) is 8.42 Å². The van der Waals surface area contributed by atoms with Gasteiger partial charge in [0.05, 0.1) is 18.1 Å². The number of nitrogens with zero attached hydrogens (tertiary/aromatic N) is 2. The Morgan fingerprint density at radius 1 is 0.929 bits per heavy atom. The number of morpholine rings is 1. The maximum absolute atomic E-state index is 12.9. The van der Waals surface area contributed by atoms with E-state index in [1.54, 1.807) is 12.1 Å². The van der Waals surface area contributed by atoms with Gasteiger partial charge in [0.2, 0.25) is 10.0 Å². The highest BCUT2D eigenvalue weighted by Crippen LogP contribution is 2.24. The van der Waals surface area contributed by atoms with Gasteiger partial charge in [-0.15, -0.1) is 0 Å². The van der Waals surface area contributed by atoms with Crippen molar-refractivity contribution in [3.05, 3.63) is 72.3 Å². The van der Waals surface area contributed by atoms with Crippen LogP contribution in [0.15, 0.2) is 71.6 Å². The lowest BCUT2D eigenvalue weighted by Crippen LogP contribution is -2.40. The second-order valence-electron chi connectivity index (χ2n) is 7.05. The summed E-state index contributed by atoms with van der Waals surface area (Å²) in [4.78, 5) is 2.48. The first-order valence-electron chi connectivity index (χ1n) is 9.41. The lowest BCUT2D eigenvalue weighted by Gasteiger charge is -2.26. The highest BCUT2D eigenvalue weighted by atomic mass is 32.2. The highest BCUT2D eigenvalue weighted by molar-refractivity contribution is 7.89. The van der Waals surface area contributed by atoms with Crippen LogP contribution in [0, 0.1) is 0 Å². The normalized spacial score (nSPS) is 15.6. The number of benzene rings is 3. The van der Waals surface area contributed by atoms with Gasteiger partial charge in [0, 0.05) is 32.4 Å². The molecule has 3 aromatic rings. The first-order valence-corrected chi connectivity index (χ1v) is 10.8. The van der Waals surface area contributed by atoms with E-state index in [-0.39, 0.29) is 0 Å². The second-order valence-corrected chi connectivity index (χ2v) is 8.99. The van der Waals surface area contributed by atoms with Crippen LogP contribution in [0.1, 0.15) is 5.56 Å². The largest absolute Gasteiger partial charge is 0.379 e. The zero-order valence-corrected chi connectivity index (χ0v) is 16.7. The van der Waals surface area contributed by atoms with Crippen LogP contribution in [0.3, 0.4) is 0 Å². The Kier molecular flexibility index (Phi) is 5.35. The standard InChI is InChI=1S/C22H24N2O3S/c1-23(21-10-9-19-6-2-3-7-20(19)16-21)17-18-5-4-8-22(15-18)28(25,26)24-11-13-27-14-12-24/h2-10,15-16H,11-14,17H2,1H3. The Labute approximate surface area is 166 Å². The minimum Gasteiger partial charge on any atom is -0.379 e. The van der Waals surface area contributed by atoms with Gasteiger partial charge < -0.3 is 9.64 Å². The summed E-state index contributed by atoms with van der Waals surface area (Å²) in [7, 11) is -1.46. The van der Waals surface area contributed by atoms with Crippen molar-refractivity contribution in [2.75, 3.05) is 38.3 Å². The molecule has 0 amide bonds. The number of ether oxygens (including phenoxy) is 1. The Morgan fingerprint density at radius 3 is 2.46 bits per heavy atom. The summed E-state index contributed by atoms with van der Waals surface area (Å²) in [6, 6.07) is 21.9. The molecule has 1 aliphatic heterocycles. The van der Waals surface area contributed by atoms with Crippen LogP contribution in [0.5, 0.6) is 0 Å². The molecule has 1 aliphatic rings. The maximum Gasteiger partial charge on any atom is 0.243 e. The third-order valence-electron chi connectivity index (χ3n) is 5.10. The summed E-state index contributed by atoms with van der Waals surface area (Å²) in [5, 5.41) is 2.40. The van der Waals surface area contributed by atoms with Crippen LogP contribution >= 0.6 is 0 Å². The predicted octanol–water partition coefficient (Wildman–Crippen LogP) is 3.50. The molecule has 146 valence electrons. The zero-order valence-electron chi connectivity index (χ0n) is 15.9. The minimum absolute atomic E-state index is 0.346. The molecule has 3 aromatic carbocycles.